The molecule has 8 nitrogen and oxygen atoms in total. The Morgan fingerprint density at radius 3 is 2.54 bits per heavy atom. The molecule has 0 unspecified atom stereocenters. The zero-order chi connectivity index (χ0) is 18.5. The summed E-state index contributed by atoms with van der Waals surface area (Å²) in [6.45, 7) is 0.255. The van der Waals surface area contributed by atoms with Crippen molar-refractivity contribution in [1.29, 1.82) is 0 Å². The van der Waals surface area contributed by atoms with Crippen LogP contribution in [0.3, 0.4) is 0 Å². The molecule has 0 aliphatic rings. The highest BCUT2D eigenvalue weighted by molar-refractivity contribution is 6.32. The molecule has 0 amide bonds. The Morgan fingerprint density at radius 2 is 1.88 bits per heavy atom. The molecule has 0 saturated heterocycles. The van der Waals surface area contributed by atoms with Gasteiger partial charge >= 0.3 is 0 Å². The smallest absolute Gasteiger partial charge is 0.247 e. The maximum atomic E-state index is 9.29. The molecule has 1 aromatic carbocycles. The zero-order valence-corrected chi connectivity index (χ0v) is 15.1. The standard InChI is InChI=1S/C17H18ClN5O3/c1-25-14-10-15(26-2)13(9-12(14)18)20-17-21-16(23(22-17)7-8-24)11-3-5-19-6-4-11/h3-6,9-10,24H,7-8H2,1-2H3,(H,20,22). The Labute approximate surface area is 155 Å². The molecule has 2 aromatic heterocycles. The van der Waals surface area contributed by atoms with Crippen LogP contribution in [0.25, 0.3) is 11.4 Å². The average Bonchev–Trinajstić information content (AvgIpc) is 3.05. The molecule has 0 aliphatic heterocycles. The number of hydrogen-bond acceptors (Lipinski definition) is 7. The van der Waals surface area contributed by atoms with Crippen molar-refractivity contribution < 1.29 is 14.6 Å². The van der Waals surface area contributed by atoms with E-state index in [-0.39, 0.29) is 6.61 Å². The van der Waals surface area contributed by atoms with Crippen LogP contribution in [0, 0.1) is 0 Å². The van der Waals surface area contributed by atoms with Gasteiger partial charge in [0.25, 0.3) is 0 Å². The Morgan fingerprint density at radius 1 is 1.15 bits per heavy atom. The molecular formula is C17H18ClN5O3. The number of aliphatic hydroxyl groups is 1. The summed E-state index contributed by atoms with van der Waals surface area (Å²) in [4.78, 5) is 8.52. The molecule has 26 heavy (non-hydrogen) atoms. The highest BCUT2D eigenvalue weighted by Crippen LogP contribution is 2.37. The predicted octanol–water partition coefficient (Wildman–Crippen LogP) is 2.75. The minimum absolute atomic E-state index is 0.0570. The minimum Gasteiger partial charge on any atom is -0.495 e. The summed E-state index contributed by atoms with van der Waals surface area (Å²) in [5.74, 6) is 2.01. The Balaban J connectivity index is 1.97. The molecule has 0 aliphatic carbocycles. The molecule has 0 fully saturated rings. The van der Waals surface area contributed by atoms with Crippen LogP contribution in [0.5, 0.6) is 11.5 Å². The maximum absolute atomic E-state index is 9.29. The number of benzene rings is 1. The SMILES string of the molecule is COc1cc(OC)c(Nc2nc(-c3ccncc3)n(CCO)n2)cc1Cl. The lowest BCUT2D eigenvalue weighted by molar-refractivity contribution is 0.270. The van der Waals surface area contributed by atoms with E-state index in [9.17, 15) is 5.11 Å². The molecule has 136 valence electrons. The van der Waals surface area contributed by atoms with Crippen LogP contribution in [0.15, 0.2) is 36.7 Å². The van der Waals surface area contributed by atoms with Gasteiger partial charge in [0.2, 0.25) is 5.95 Å². The van der Waals surface area contributed by atoms with Crippen molar-refractivity contribution in [2.24, 2.45) is 0 Å². The van der Waals surface area contributed by atoms with Gasteiger partial charge < -0.3 is 19.9 Å². The van der Waals surface area contributed by atoms with Crippen molar-refractivity contribution in [3.63, 3.8) is 0 Å². The Bertz CT molecular complexity index is 886. The highest BCUT2D eigenvalue weighted by atomic mass is 35.5. The number of nitrogens with one attached hydrogen (secondary N) is 1. The quantitative estimate of drug-likeness (QED) is 0.655. The highest BCUT2D eigenvalue weighted by Gasteiger charge is 2.15. The van der Waals surface area contributed by atoms with Gasteiger partial charge in [-0.3, -0.25) is 4.98 Å². The van der Waals surface area contributed by atoms with E-state index in [0.29, 0.717) is 40.5 Å². The van der Waals surface area contributed by atoms with E-state index in [1.165, 1.54) is 7.11 Å². The summed E-state index contributed by atoms with van der Waals surface area (Å²) in [5.41, 5.74) is 1.44. The number of ether oxygens (including phenoxy) is 2. The number of nitrogens with zero attached hydrogens (tertiary/aromatic N) is 4. The lowest BCUT2D eigenvalue weighted by Gasteiger charge is -2.12. The number of hydrogen-bond donors (Lipinski definition) is 2. The summed E-state index contributed by atoms with van der Waals surface area (Å²) in [5, 5.41) is 17.2. The first-order valence-corrected chi connectivity index (χ1v) is 8.18. The van der Waals surface area contributed by atoms with Gasteiger partial charge in [-0.25, -0.2) is 4.68 Å². The van der Waals surface area contributed by atoms with Crippen molar-refractivity contribution in [1.82, 2.24) is 19.7 Å². The second-order valence-electron chi connectivity index (χ2n) is 5.25. The van der Waals surface area contributed by atoms with Crippen molar-refractivity contribution in [3.8, 4) is 22.9 Å². The fraction of sp³-hybridized carbons (Fsp3) is 0.235. The van der Waals surface area contributed by atoms with Crippen LogP contribution >= 0.6 is 11.6 Å². The molecule has 0 atom stereocenters. The van der Waals surface area contributed by atoms with E-state index < -0.39 is 0 Å². The molecule has 0 radical (unpaired) electrons. The third-order valence-electron chi connectivity index (χ3n) is 3.64. The van der Waals surface area contributed by atoms with Gasteiger partial charge in [0, 0.05) is 24.0 Å². The lowest BCUT2D eigenvalue weighted by Crippen LogP contribution is -2.06. The van der Waals surface area contributed by atoms with Gasteiger partial charge in [-0.05, 0) is 18.2 Å². The summed E-state index contributed by atoms with van der Waals surface area (Å²) in [6, 6.07) is 7.01. The first-order chi connectivity index (χ1) is 12.7. The molecule has 2 heterocycles. The van der Waals surface area contributed by atoms with E-state index in [2.05, 4.69) is 20.4 Å². The first kappa shape index (κ1) is 18.0. The summed E-state index contributed by atoms with van der Waals surface area (Å²) in [7, 11) is 3.08. The third kappa shape index (κ3) is 3.71. The van der Waals surface area contributed by atoms with E-state index in [1.807, 2.05) is 12.1 Å². The number of aromatic nitrogens is 4. The van der Waals surface area contributed by atoms with Crippen LogP contribution in [-0.2, 0) is 6.54 Å². The number of anilines is 2. The van der Waals surface area contributed by atoms with Crippen molar-refractivity contribution in [2.45, 2.75) is 6.54 Å². The maximum Gasteiger partial charge on any atom is 0.247 e. The zero-order valence-electron chi connectivity index (χ0n) is 14.3. The number of methoxy groups -OCH3 is 2. The van der Waals surface area contributed by atoms with E-state index >= 15 is 0 Å². The molecule has 0 saturated carbocycles. The fourth-order valence-electron chi connectivity index (χ4n) is 2.44. The van der Waals surface area contributed by atoms with Crippen molar-refractivity contribution in [3.05, 3.63) is 41.7 Å². The van der Waals surface area contributed by atoms with Crippen molar-refractivity contribution in [2.75, 3.05) is 26.1 Å². The van der Waals surface area contributed by atoms with Crippen molar-refractivity contribution >= 4 is 23.2 Å². The molecule has 3 rings (SSSR count). The van der Waals surface area contributed by atoms with Crippen LogP contribution in [0.1, 0.15) is 0 Å². The summed E-state index contributed by atoms with van der Waals surface area (Å²) >= 11 is 6.20. The Kier molecular flexibility index (Phi) is 5.55. The molecule has 2 N–H and O–H groups in total. The largest absolute Gasteiger partial charge is 0.495 e. The molecular weight excluding hydrogens is 358 g/mol. The predicted molar refractivity (Wildman–Crippen MR) is 98.2 cm³/mol. The summed E-state index contributed by atoms with van der Waals surface area (Å²) < 4.78 is 12.2. The molecule has 3 aromatic rings. The number of halogens is 1. The molecule has 0 bridgehead atoms. The Hall–Kier alpha value is -2.84. The molecule has 9 heteroatoms. The van der Waals surface area contributed by atoms with Crippen LogP contribution in [0.2, 0.25) is 5.02 Å². The molecule has 0 spiro atoms. The van der Waals surface area contributed by atoms with Crippen LogP contribution in [0.4, 0.5) is 11.6 Å². The van der Waals surface area contributed by atoms with E-state index in [4.69, 9.17) is 21.1 Å². The second kappa shape index (κ2) is 8.03. The number of rotatable bonds is 7. The van der Waals surface area contributed by atoms with E-state index in [0.717, 1.165) is 5.56 Å². The van der Waals surface area contributed by atoms with Gasteiger partial charge in [0.15, 0.2) is 5.82 Å². The summed E-state index contributed by atoms with van der Waals surface area (Å²) in [6.07, 6.45) is 3.35. The monoisotopic (exact) mass is 375 g/mol. The van der Waals surface area contributed by atoms with Gasteiger partial charge in [0.05, 0.1) is 38.1 Å². The average molecular weight is 376 g/mol. The van der Waals surface area contributed by atoms with Gasteiger partial charge in [-0.15, -0.1) is 5.10 Å². The van der Waals surface area contributed by atoms with Crippen LogP contribution < -0.4 is 14.8 Å². The fourth-order valence-corrected chi connectivity index (χ4v) is 2.68. The number of aliphatic hydroxyl groups excluding tert-OH is 1. The van der Waals surface area contributed by atoms with E-state index in [1.54, 1.807) is 36.3 Å². The van der Waals surface area contributed by atoms with Gasteiger partial charge in [-0.1, -0.05) is 11.6 Å². The van der Waals surface area contributed by atoms with Gasteiger partial charge in [0.1, 0.15) is 11.5 Å². The van der Waals surface area contributed by atoms with Gasteiger partial charge in [-0.2, -0.15) is 4.98 Å². The second-order valence-corrected chi connectivity index (χ2v) is 5.66. The first-order valence-electron chi connectivity index (χ1n) is 7.81. The lowest BCUT2D eigenvalue weighted by atomic mass is 10.2. The normalized spacial score (nSPS) is 10.6. The third-order valence-corrected chi connectivity index (χ3v) is 3.94. The van der Waals surface area contributed by atoms with Crippen LogP contribution in [-0.4, -0.2) is 45.7 Å². The topological polar surface area (TPSA) is 94.3 Å². The minimum atomic E-state index is -0.0570. The number of pyridine rings is 1.